The number of benzene rings is 1. The van der Waals surface area contributed by atoms with Crippen molar-refractivity contribution < 1.29 is 0 Å². The first-order valence-corrected chi connectivity index (χ1v) is 5.84. The van der Waals surface area contributed by atoms with Crippen LogP contribution < -0.4 is 5.32 Å². The van der Waals surface area contributed by atoms with E-state index in [0.29, 0.717) is 0 Å². The second-order valence-electron chi connectivity index (χ2n) is 3.67. The fourth-order valence-corrected chi connectivity index (χ4v) is 1.63. The van der Waals surface area contributed by atoms with E-state index in [1.165, 1.54) is 0 Å². The van der Waals surface area contributed by atoms with Crippen LogP contribution in [-0.4, -0.2) is 6.54 Å². The van der Waals surface area contributed by atoms with Crippen molar-refractivity contribution in [3.8, 4) is 6.07 Å². The summed E-state index contributed by atoms with van der Waals surface area (Å²) < 4.78 is 1.03. The lowest BCUT2D eigenvalue weighted by Crippen LogP contribution is -2.38. The molecule has 2 nitrogen and oxygen atoms in total. The number of nitrogens with one attached hydrogen (secondary N) is 1. The van der Waals surface area contributed by atoms with E-state index in [4.69, 9.17) is 0 Å². The molecule has 0 fully saturated rings. The average Bonchev–Trinajstić information content (AvgIpc) is 2.27. The summed E-state index contributed by atoms with van der Waals surface area (Å²) in [6, 6.07) is 10.2. The van der Waals surface area contributed by atoms with Gasteiger partial charge in [0.25, 0.3) is 0 Å². The lowest BCUT2D eigenvalue weighted by Gasteiger charge is -2.23. The quantitative estimate of drug-likeness (QED) is 0.909. The zero-order chi connectivity index (χ0) is 11.3. The summed E-state index contributed by atoms with van der Waals surface area (Å²) in [7, 11) is 0. The maximum Gasteiger partial charge on any atom is 0.129 e. The van der Waals surface area contributed by atoms with Crippen LogP contribution in [0, 0.1) is 11.3 Å². The minimum Gasteiger partial charge on any atom is -0.296 e. The number of hydrogen-bond acceptors (Lipinski definition) is 2. The van der Waals surface area contributed by atoms with Crippen LogP contribution in [0.4, 0.5) is 0 Å². The molecule has 0 heterocycles. The van der Waals surface area contributed by atoms with Gasteiger partial charge < -0.3 is 0 Å². The van der Waals surface area contributed by atoms with Crippen LogP contribution in [-0.2, 0) is 5.54 Å². The lowest BCUT2D eigenvalue weighted by molar-refractivity contribution is 0.466. The Labute approximate surface area is 99.4 Å². The van der Waals surface area contributed by atoms with Crippen LogP contribution in [0.15, 0.2) is 28.7 Å². The van der Waals surface area contributed by atoms with Gasteiger partial charge in [-0.25, -0.2) is 0 Å². The molecule has 0 aliphatic carbocycles. The third kappa shape index (κ3) is 3.05. The number of nitriles is 1. The normalized spacial score (nSPS) is 14.3. The monoisotopic (exact) mass is 266 g/mol. The van der Waals surface area contributed by atoms with Crippen molar-refractivity contribution in [2.24, 2.45) is 0 Å². The van der Waals surface area contributed by atoms with Crippen LogP contribution in [0.3, 0.4) is 0 Å². The molecular weight excluding hydrogens is 252 g/mol. The summed E-state index contributed by atoms with van der Waals surface area (Å²) in [4.78, 5) is 0. The first-order chi connectivity index (χ1) is 7.12. The molecule has 0 aromatic heterocycles. The van der Waals surface area contributed by atoms with Crippen molar-refractivity contribution in [3.05, 3.63) is 34.3 Å². The van der Waals surface area contributed by atoms with Crippen molar-refractivity contribution in [1.82, 2.24) is 5.32 Å². The summed E-state index contributed by atoms with van der Waals surface area (Å²) in [5.74, 6) is 0. The molecule has 3 heteroatoms. The molecular formula is C12H15BrN2. The molecule has 1 unspecified atom stereocenters. The molecule has 0 bridgehead atoms. The van der Waals surface area contributed by atoms with Gasteiger partial charge in [-0.05, 0) is 37.6 Å². The molecule has 1 aromatic carbocycles. The highest BCUT2D eigenvalue weighted by molar-refractivity contribution is 9.10. The average molecular weight is 267 g/mol. The fraction of sp³-hybridized carbons (Fsp3) is 0.417. The molecule has 80 valence electrons. The standard InChI is InChI=1S/C12H15BrN2/c1-3-8-15-12(2,9-14)10-4-6-11(13)7-5-10/h4-7,15H,3,8H2,1-2H3. The summed E-state index contributed by atoms with van der Waals surface area (Å²) in [5, 5.41) is 12.5. The Kier molecular flexibility index (Phi) is 4.31. The largest absolute Gasteiger partial charge is 0.296 e. The Morgan fingerprint density at radius 2 is 2.00 bits per heavy atom. The second-order valence-corrected chi connectivity index (χ2v) is 4.59. The van der Waals surface area contributed by atoms with E-state index in [2.05, 4.69) is 34.2 Å². The van der Waals surface area contributed by atoms with Gasteiger partial charge in [-0.3, -0.25) is 5.32 Å². The van der Waals surface area contributed by atoms with Gasteiger partial charge in [-0.15, -0.1) is 0 Å². The first-order valence-electron chi connectivity index (χ1n) is 5.04. The van der Waals surface area contributed by atoms with Crippen molar-refractivity contribution in [1.29, 1.82) is 5.26 Å². The maximum absolute atomic E-state index is 9.21. The van der Waals surface area contributed by atoms with E-state index in [0.717, 1.165) is 23.0 Å². The van der Waals surface area contributed by atoms with Crippen LogP contribution >= 0.6 is 15.9 Å². The van der Waals surface area contributed by atoms with Crippen LogP contribution in [0.5, 0.6) is 0 Å². The summed E-state index contributed by atoms with van der Waals surface area (Å²) >= 11 is 3.38. The van der Waals surface area contributed by atoms with E-state index in [1.54, 1.807) is 0 Å². The smallest absolute Gasteiger partial charge is 0.129 e. The lowest BCUT2D eigenvalue weighted by atomic mass is 9.93. The Morgan fingerprint density at radius 1 is 1.40 bits per heavy atom. The number of hydrogen-bond donors (Lipinski definition) is 1. The number of rotatable bonds is 4. The minimum atomic E-state index is -0.587. The SMILES string of the molecule is CCCNC(C)(C#N)c1ccc(Br)cc1. The van der Waals surface area contributed by atoms with E-state index in [1.807, 2.05) is 31.2 Å². The van der Waals surface area contributed by atoms with Gasteiger partial charge in [0.2, 0.25) is 0 Å². The molecule has 1 N–H and O–H groups in total. The van der Waals surface area contributed by atoms with Crippen molar-refractivity contribution >= 4 is 15.9 Å². The Hall–Kier alpha value is -0.850. The van der Waals surface area contributed by atoms with Crippen LogP contribution in [0.2, 0.25) is 0 Å². The number of halogens is 1. The van der Waals surface area contributed by atoms with Gasteiger partial charge in [-0.2, -0.15) is 5.26 Å². The highest BCUT2D eigenvalue weighted by Gasteiger charge is 2.24. The molecule has 1 rings (SSSR count). The predicted octanol–water partition coefficient (Wildman–Crippen LogP) is 3.19. The van der Waals surface area contributed by atoms with Gasteiger partial charge in [0.1, 0.15) is 5.54 Å². The van der Waals surface area contributed by atoms with Gasteiger partial charge in [0.15, 0.2) is 0 Å². The van der Waals surface area contributed by atoms with Gasteiger partial charge in [0, 0.05) is 4.47 Å². The molecule has 0 spiro atoms. The Balaban J connectivity index is 2.91. The molecule has 0 saturated heterocycles. The first kappa shape index (κ1) is 12.2. The Bertz CT molecular complexity index is 353. The molecule has 1 aromatic rings. The second kappa shape index (κ2) is 5.29. The van der Waals surface area contributed by atoms with Gasteiger partial charge >= 0.3 is 0 Å². The summed E-state index contributed by atoms with van der Waals surface area (Å²) in [5.41, 5.74) is 0.415. The highest BCUT2D eigenvalue weighted by Crippen LogP contribution is 2.21. The van der Waals surface area contributed by atoms with Crippen LogP contribution in [0.1, 0.15) is 25.8 Å². The molecule has 0 amide bonds. The topological polar surface area (TPSA) is 35.8 Å². The third-order valence-corrected chi connectivity index (χ3v) is 2.90. The number of nitrogens with zero attached hydrogens (tertiary/aromatic N) is 1. The molecule has 0 saturated carbocycles. The molecule has 1 atom stereocenters. The van der Waals surface area contributed by atoms with Crippen LogP contribution in [0.25, 0.3) is 0 Å². The summed E-state index contributed by atoms with van der Waals surface area (Å²) in [6.07, 6.45) is 1.02. The van der Waals surface area contributed by atoms with Gasteiger partial charge in [-0.1, -0.05) is 35.0 Å². The van der Waals surface area contributed by atoms with E-state index >= 15 is 0 Å². The van der Waals surface area contributed by atoms with Crippen molar-refractivity contribution in [2.75, 3.05) is 6.54 Å². The van der Waals surface area contributed by atoms with E-state index in [-0.39, 0.29) is 0 Å². The zero-order valence-electron chi connectivity index (χ0n) is 9.05. The highest BCUT2D eigenvalue weighted by atomic mass is 79.9. The maximum atomic E-state index is 9.21. The molecule has 0 aliphatic rings. The predicted molar refractivity (Wildman–Crippen MR) is 65.4 cm³/mol. The Morgan fingerprint density at radius 3 is 2.47 bits per heavy atom. The zero-order valence-corrected chi connectivity index (χ0v) is 10.6. The van der Waals surface area contributed by atoms with Crippen molar-refractivity contribution in [2.45, 2.75) is 25.8 Å². The van der Waals surface area contributed by atoms with E-state index in [9.17, 15) is 5.26 Å². The molecule has 0 aliphatic heterocycles. The van der Waals surface area contributed by atoms with Crippen molar-refractivity contribution in [3.63, 3.8) is 0 Å². The minimum absolute atomic E-state index is 0.587. The van der Waals surface area contributed by atoms with Gasteiger partial charge in [0.05, 0.1) is 6.07 Å². The molecule has 15 heavy (non-hydrogen) atoms. The third-order valence-electron chi connectivity index (χ3n) is 2.37. The van der Waals surface area contributed by atoms with E-state index < -0.39 is 5.54 Å². The molecule has 0 radical (unpaired) electrons. The summed E-state index contributed by atoms with van der Waals surface area (Å²) in [6.45, 7) is 4.85. The fourth-order valence-electron chi connectivity index (χ4n) is 1.36.